The number of nitrogens with one attached hydrogen (secondary N) is 2. The molecule has 7 nitrogen and oxygen atoms in total. The van der Waals surface area contributed by atoms with Crippen LogP contribution in [0, 0.1) is 5.82 Å². The molecule has 2 N–H and O–H groups in total. The van der Waals surface area contributed by atoms with Crippen LogP contribution < -0.4 is 15.5 Å². The second-order valence-electron chi connectivity index (χ2n) is 8.10. The van der Waals surface area contributed by atoms with Crippen molar-refractivity contribution in [3.05, 3.63) is 41.2 Å². The van der Waals surface area contributed by atoms with Crippen molar-refractivity contribution in [1.82, 2.24) is 15.2 Å². The van der Waals surface area contributed by atoms with Crippen molar-refractivity contribution in [2.24, 2.45) is 0 Å². The summed E-state index contributed by atoms with van der Waals surface area (Å²) in [5.74, 6) is -0.219. The Kier molecular flexibility index (Phi) is 7.01. The molecule has 166 valence electrons. The molecule has 1 saturated carbocycles. The number of carbonyl (C=O) groups excluding carboxylic acids is 2. The lowest BCUT2D eigenvalue weighted by Gasteiger charge is -2.36. The average Bonchev–Trinajstić information content (AvgIpc) is 3.21. The fourth-order valence-electron chi connectivity index (χ4n) is 4.14. The third-order valence-electron chi connectivity index (χ3n) is 5.87. The zero-order valence-electron chi connectivity index (χ0n) is 17.5. The van der Waals surface area contributed by atoms with Gasteiger partial charge in [-0.15, -0.1) is 11.3 Å². The standard InChI is InChI=1S/C22H28FN5O2S/c23-16-6-8-19(9-7-16)27-10-12-28(13-11-27)20(29)14-18-15-31-22(25-18)26-21(30)24-17-4-2-1-3-5-17/h6-9,15,17H,1-5,10-14H2,(H2,24,25,26,30). The van der Waals surface area contributed by atoms with Crippen LogP contribution in [0.15, 0.2) is 29.6 Å². The van der Waals surface area contributed by atoms with Gasteiger partial charge in [-0.2, -0.15) is 0 Å². The van der Waals surface area contributed by atoms with Gasteiger partial charge in [0.25, 0.3) is 0 Å². The molecule has 4 rings (SSSR count). The number of benzene rings is 1. The van der Waals surface area contributed by atoms with E-state index in [-0.39, 0.29) is 30.2 Å². The monoisotopic (exact) mass is 445 g/mol. The molecule has 3 amide bonds. The van der Waals surface area contributed by atoms with Crippen molar-refractivity contribution in [1.29, 1.82) is 0 Å². The van der Waals surface area contributed by atoms with E-state index < -0.39 is 0 Å². The molecule has 0 unspecified atom stereocenters. The summed E-state index contributed by atoms with van der Waals surface area (Å²) in [7, 11) is 0. The maximum Gasteiger partial charge on any atom is 0.321 e. The number of carbonyl (C=O) groups is 2. The van der Waals surface area contributed by atoms with Crippen molar-refractivity contribution >= 4 is 34.1 Å². The first-order chi connectivity index (χ1) is 15.1. The molecule has 0 bridgehead atoms. The molecular weight excluding hydrogens is 417 g/mol. The van der Waals surface area contributed by atoms with Crippen LogP contribution in [-0.2, 0) is 11.2 Å². The molecule has 1 aliphatic carbocycles. The normalized spacial score (nSPS) is 17.5. The first-order valence-corrected chi connectivity index (χ1v) is 11.7. The van der Waals surface area contributed by atoms with Gasteiger partial charge in [0.15, 0.2) is 5.13 Å². The Morgan fingerprint density at radius 1 is 1.06 bits per heavy atom. The molecule has 2 heterocycles. The lowest BCUT2D eigenvalue weighted by molar-refractivity contribution is -0.130. The van der Waals surface area contributed by atoms with Gasteiger partial charge < -0.3 is 15.1 Å². The number of piperazine rings is 1. The number of urea groups is 1. The highest BCUT2D eigenvalue weighted by Gasteiger charge is 2.22. The Bertz CT molecular complexity index is 890. The number of halogens is 1. The van der Waals surface area contributed by atoms with Crippen molar-refractivity contribution in [3.63, 3.8) is 0 Å². The minimum atomic E-state index is -0.249. The number of hydrogen-bond acceptors (Lipinski definition) is 5. The molecule has 9 heteroatoms. The highest BCUT2D eigenvalue weighted by molar-refractivity contribution is 7.13. The maximum absolute atomic E-state index is 13.1. The predicted molar refractivity (Wildman–Crippen MR) is 120 cm³/mol. The van der Waals surface area contributed by atoms with E-state index in [1.807, 2.05) is 10.3 Å². The van der Waals surface area contributed by atoms with E-state index in [4.69, 9.17) is 0 Å². The summed E-state index contributed by atoms with van der Waals surface area (Å²) in [4.78, 5) is 33.2. The van der Waals surface area contributed by atoms with E-state index in [0.29, 0.717) is 37.0 Å². The van der Waals surface area contributed by atoms with Crippen LogP contribution in [0.1, 0.15) is 37.8 Å². The third-order valence-corrected chi connectivity index (χ3v) is 6.68. The number of aromatic nitrogens is 1. The summed E-state index contributed by atoms with van der Waals surface area (Å²) in [6.07, 6.45) is 5.84. The van der Waals surface area contributed by atoms with E-state index >= 15 is 0 Å². The zero-order valence-corrected chi connectivity index (χ0v) is 18.3. The van der Waals surface area contributed by atoms with Gasteiger partial charge in [-0.05, 0) is 37.1 Å². The number of rotatable bonds is 5. The zero-order chi connectivity index (χ0) is 21.6. The maximum atomic E-state index is 13.1. The fraction of sp³-hybridized carbons (Fsp3) is 0.500. The summed E-state index contributed by atoms with van der Waals surface area (Å²) in [6, 6.07) is 6.45. The number of anilines is 2. The quantitative estimate of drug-likeness (QED) is 0.737. The Morgan fingerprint density at radius 3 is 2.48 bits per heavy atom. The Hall–Kier alpha value is -2.68. The van der Waals surface area contributed by atoms with Gasteiger partial charge in [0.1, 0.15) is 5.82 Å². The lowest BCUT2D eigenvalue weighted by Crippen LogP contribution is -2.49. The van der Waals surface area contributed by atoms with Crippen LogP contribution in [0.2, 0.25) is 0 Å². The highest BCUT2D eigenvalue weighted by Crippen LogP contribution is 2.20. The SMILES string of the molecule is O=C(Nc1nc(CC(=O)N2CCN(c3ccc(F)cc3)CC2)cs1)NC1CCCCC1. The van der Waals surface area contributed by atoms with Crippen LogP contribution in [0.5, 0.6) is 0 Å². The van der Waals surface area contributed by atoms with E-state index in [0.717, 1.165) is 31.4 Å². The Morgan fingerprint density at radius 2 is 1.77 bits per heavy atom. The molecule has 2 aromatic rings. The molecule has 1 aromatic carbocycles. The van der Waals surface area contributed by atoms with Gasteiger partial charge in [-0.3, -0.25) is 10.1 Å². The molecule has 1 aromatic heterocycles. The summed E-state index contributed by atoms with van der Waals surface area (Å²) >= 11 is 1.33. The van der Waals surface area contributed by atoms with Crippen LogP contribution in [0.4, 0.5) is 20.0 Å². The largest absolute Gasteiger partial charge is 0.368 e. The summed E-state index contributed by atoms with van der Waals surface area (Å²) < 4.78 is 13.1. The van der Waals surface area contributed by atoms with Gasteiger partial charge in [0.05, 0.1) is 12.1 Å². The van der Waals surface area contributed by atoms with E-state index in [9.17, 15) is 14.0 Å². The molecule has 0 atom stereocenters. The molecule has 0 radical (unpaired) electrons. The summed E-state index contributed by atoms with van der Waals surface area (Å²) in [6.45, 7) is 2.66. The van der Waals surface area contributed by atoms with E-state index in [2.05, 4.69) is 20.5 Å². The van der Waals surface area contributed by atoms with Crippen LogP contribution in [-0.4, -0.2) is 54.0 Å². The molecule has 0 spiro atoms. The second kappa shape index (κ2) is 10.1. The topological polar surface area (TPSA) is 77.6 Å². The summed E-state index contributed by atoms with van der Waals surface area (Å²) in [5, 5.41) is 8.13. The Balaban J connectivity index is 1.22. The first kappa shape index (κ1) is 21.5. The van der Waals surface area contributed by atoms with Crippen molar-refractivity contribution in [3.8, 4) is 0 Å². The Labute approximate surface area is 185 Å². The number of hydrogen-bond donors (Lipinski definition) is 2. The van der Waals surface area contributed by atoms with Gasteiger partial charge in [0, 0.05) is 43.3 Å². The van der Waals surface area contributed by atoms with Crippen LogP contribution >= 0.6 is 11.3 Å². The number of thiazole rings is 1. The lowest BCUT2D eigenvalue weighted by atomic mass is 9.96. The average molecular weight is 446 g/mol. The molecule has 2 aliphatic rings. The molecule has 1 aliphatic heterocycles. The minimum absolute atomic E-state index is 0.0299. The van der Waals surface area contributed by atoms with Crippen molar-refractivity contribution in [2.45, 2.75) is 44.6 Å². The number of nitrogens with zero attached hydrogens (tertiary/aromatic N) is 3. The molecule has 2 fully saturated rings. The van der Waals surface area contributed by atoms with Gasteiger partial charge >= 0.3 is 6.03 Å². The predicted octanol–water partition coefficient (Wildman–Crippen LogP) is 3.63. The third kappa shape index (κ3) is 5.94. The summed E-state index contributed by atoms with van der Waals surface area (Å²) in [5.41, 5.74) is 1.64. The molecule has 1 saturated heterocycles. The minimum Gasteiger partial charge on any atom is -0.368 e. The van der Waals surface area contributed by atoms with Gasteiger partial charge in [-0.1, -0.05) is 19.3 Å². The highest BCUT2D eigenvalue weighted by atomic mass is 32.1. The van der Waals surface area contributed by atoms with Gasteiger partial charge in [0.2, 0.25) is 5.91 Å². The van der Waals surface area contributed by atoms with Crippen LogP contribution in [0.3, 0.4) is 0 Å². The molecular formula is C22H28FN5O2S. The fourth-order valence-corrected chi connectivity index (χ4v) is 4.85. The van der Waals surface area contributed by atoms with E-state index in [1.165, 1.54) is 29.9 Å². The number of amides is 3. The molecule has 31 heavy (non-hydrogen) atoms. The van der Waals surface area contributed by atoms with Crippen molar-refractivity contribution < 1.29 is 14.0 Å². The van der Waals surface area contributed by atoms with Gasteiger partial charge in [-0.25, -0.2) is 14.2 Å². The second-order valence-corrected chi connectivity index (χ2v) is 8.96. The van der Waals surface area contributed by atoms with E-state index in [1.54, 1.807) is 12.1 Å². The van der Waals surface area contributed by atoms with Crippen LogP contribution in [0.25, 0.3) is 0 Å². The van der Waals surface area contributed by atoms with Crippen molar-refractivity contribution in [2.75, 3.05) is 36.4 Å². The first-order valence-electron chi connectivity index (χ1n) is 10.9. The smallest absolute Gasteiger partial charge is 0.321 e.